The molecule has 0 aromatic carbocycles. The highest BCUT2D eigenvalue weighted by Crippen LogP contribution is 2.49. The minimum atomic E-state index is -5.76. The van der Waals surface area contributed by atoms with Crippen molar-refractivity contribution in [1.29, 1.82) is 0 Å². The first-order valence-corrected chi connectivity index (χ1v) is 25.5. The number of unbranched alkanes of at least 4 members (excludes halogenated alkanes) is 8. The molecule has 2 rings (SSSR count). The minimum Gasteiger partial charge on any atom is -0.461 e. The molecule has 13 atom stereocenters. The Morgan fingerprint density at radius 2 is 1.55 bits per heavy atom. The highest BCUT2D eigenvalue weighted by molar-refractivity contribution is 7.47. The molecule has 10 N–H and O–H groups in total. The number of cyclic esters (lactones) is 1. The number of carbonyl (C=O) groups excluding carboxylic acids is 2. The Morgan fingerprint density at radius 3 is 2.23 bits per heavy atom. The quantitative estimate of drug-likeness (QED) is 0.0335. The maximum atomic E-state index is 13.6. The lowest BCUT2D eigenvalue weighted by Gasteiger charge is -2.38. The van der Waals surface area contributed by atoms with Gasteiger partial charge in [0.05, 0.1) is 43.5 Å². The van der Waals surface area contributed by atoms with Crippen molar-refractivity contribution in [2.45, 2.75) is 184 Å². The molecule has 370 valence electrons. The number of carbonyl (C=O) groups is 2. The van der Waals surface area contributed by atoms with Crippen molar-refractivity contribution in [3.05, 3.63) is 48.6 Å². The summed E-state index contributed by atoms with van der Waals surface area (Å²) in [6.07, 6.45) is 1.24. The predicted molar refractivity (Wildman–Crippen MR) is 234 cm³/mol. The number of esters is 2. The zero-order valence-electron chi connectivity index (χ0n) is 37.0. The Morgan fingerprint density at radius 1 is 0.859 bits per heavy atom. The first-order valence-electron chi connectivity index (χ1n) is 22.4. The monoisotopic (exact) mass is 956 g/mol. The molecule has 1 fully saturated rings. The van der Waals surface area contributed by atoms with E-state index in [1.165, 1.54) is 18.2 Å². The van der Waals surface area contributed by atoms with Crippen molar-refractivity contribution in [1.82, 2.24) is 0 Å². The van der Waals surface area contributed by atoms with Crippen LogP contribution in [0.15, 0.2) is 48.6 Å². The molecule has 0 spiro atoms. The van der Waals surface area contributed by atoms with Gasteiger partial charge in [0.15, 0.2) is 6.10 Å². The van der Waals surface area contributed by atoms with Gasteiger partial charge in [0.2, 0.25) is 0 Å². The molecule has 0 amide bonds. The second-order valence-electron chi connectivity index (χ2n) is 16.4. The first-order chi connectivity index (χ1) is 30.3. The van der Waals surface area contributed by atoms with Gasteiger partial charge < -0.3 is 59.9 Å². The lowest BCUT2D eigenvalue weighted by Crippen LogP contribution is -2.56. The Bertz CT molecular complexity index is 1550. The van der Waals surface area contributed by atoms with E-state index in [0.717, 1.165) is 63.9 Å². The molecule has 2 aliphatic rings. The second-order valence-corrected chi connectivity index (χ2v) is 19.0. The van der Waals surface area contributed by atoms with E-state index in [0.29, 0.717) is 19.3 Å². The molecule has 21 heteroatoms. The number of ether oxygens (including phenoxy) is 2. The third kappa shape index (κ3) is 23.0. The third-order valence-corrected chi connectivity index (χ3v) is 12.5. The maximum Gasteiger partial charge on any atom is 0.472 e. The van der Waals surface area contributed by atoms with Gasteiger partial charge in [-0.15, -0.1) is 0 Å². The van der Waals surface area contributed by atoms with Crippen LogP contribution < -0.4 is 0 Å². The zero-order chi connectivity index (χ0) is 47.7. The van der Waals surface area contributed by atoms with E-state index >= 15 is 0 Å². The van der Waals surface area contributed by atoms with Crippen LogP contribution in [0.2, 0.25) is 0 Å². The van der Waals surface area contributed by atoms with E-state index in [4.69, 9.17) is 23.0 Å². The molecular weight excluding hydrogens is 882 g/mol. The molecule has 19 nitrogen and oxygen atoms in total. The number of hydrogen-bond donors (Lipinski definition) is 10. The normalized spacial score (nSPS) is 33.0. The molecule has 2 bridgehead atoms. The van der Waals surface area contributed by atoms with Crippen LogP contribution in [0, 0.1) is 11.8 Å². The fourth-order valence-electron chi connectivity index (χ4n) is 7.33. The van der Waals surface area contributed by atoms with Crippen LogP contribution in [-0.2, 0) is 41.8 Å². The molecular formula is C43H74O19P2. The zero-order valence-corrected chi connectivity index (χ0v) is 38.8. The van der Waals surface area contributed by atoms with Gasteiger partial charge in [-0.2, -0.15) is 0 Å². The lowest BCUT2D eigenvalue weighted by atomic mass is 9.83. The van der Waals surface area contributed by atoms with E-state index in [1.54, 1.807) is 0 Å². The fraction of sp³-hybridized carbons (Fsp3) is 0.767. The highest BCUT2D eigenvalue weighted by Gasteiger charge is 2.51. The molecule has 64 heavy (non-hydrogen) atoms. The number of aliphatic hydroxyl groups excluding tert-OH is 7. The number of fused-ring (bicyclic) bond motifs is 4. The Hall–Kier alpha value is -2.16. The van der Waals surface area contributed by atoms with Gasteiger partial charge in [-0.05, 0) is 44.9 Å². The van der Waals surface area contributed by atoms with Crippen LogP contribution in [0.5, 0.6) is 0 Å². The van der Waals surface area contributed by atoms with Crippen molar-refractivity contribution in [3.63, 3.8) is 0 Å². The summed E-state index contributed by atoms with van der Waals surface area (Å²) >= 11 is 0. The Balaban J connectivity index is 2.40. The molecule has 0 radical (unpaired) electrons. The largest absolute Gasteiger partial charge is 0.472 e. The predicted octanol–water partition coefficient (Wildman–Crippen LogP) is 4.10. The molecule has 1 heterocycles. The van der Waals surface area contributed by atoms with Crippen LogP contribution in [-0.4, -0.2) is 137 Å². The van der Waals surface area contributed by atoms with Crippen LogP contribution in [0.1, 0.15) is 123 Å². The summed E-state index contributed by atoms with van der Waals surface area (Å²) in [5.74, 6) is -4.78. The summed E-state index contributed by atoms with van der Waals surface area (Å²) in [5, 5.41) is 79.2. The number of phosphoric acid groups is 2. The van der Waals surface area contributed by atoms with Crippen LogP contribution in [0.4, 0.5) is 0 Å². The SMILES string of the molecule is CCC/C=C\C/C=C\CCCCCCCC(=O)O[C@@H]1COC(=O)C/C=C\C[C@H]2[C@@H](O)[C@H](O)[C@@H](O)[C@H](OP(=O)(O)OC1)[C@H](OP(=O)(O)O)[C@H](O)[C@@H](C=C[C@H](O)CCCCC)[C@H](O)C[C@@H]2O. The average Bonchev–Trinajstić information content (AvgIpc) is 3.23. The average molecular weight is 957 g/mol. The minimum absolute atomic E-state index is 0.0531. The molecule has 0 aromatic heterocycles. The Kier molecular flexibility index (Phi) is 28.1. The summed E-state index contributed by atoms with van der Waals surface area (Å²) in [5.41, 5.74) is 0. The van der Waals surface area contributed by atoms with Gasteiger partial charge in [0.1, 0.15) is 31.0 Å². The standard InChI is InChI=1S/C43H74O19P2/c1-3-5-7-8-9-10-11-12-13-14-15-16-18-24-37(48)60-31-28-58-36(47)23-20-19-22-32-34(45)27-35(46)33(26-25-30(44)21-17-6-4-2)39(50)42(61-63(53,54)55)43(41(52)40(51)38(32)49)62-64(56,57)59-29-31/h7-8,10-11,19-20,25-26,30-35,38-46,49-52H,3-6,9,12-18,21-24,27-29H2,1-2H3,(H,56,57)(H2,53,54,55)/b8-7-,11-10-,20-19-,26-25?/t30-,31-,32-,33+,34+,35-,38-,39-,40+,41-,42-,43+/m1/s1. The van der Waals surface area contributed by atoms with Gasteiger partial charge >= 0.3 is 27.6 Å². The third-order valence-electron chi connectivity index (χ3n) is 10.9. The van der Waals surface area contributed by atoms with Gasteiger partial charge in [-0.1, -0.05) is 107 Å². The van der Waals surface area contributed by atoms with E-state index in [2.05, 4.69) is 31.2 Å². The molecule has 1 saturated carbocycles. The van der Waals surface area contributed by atoms with Crippen molar-refractivity contribution in [3.8, 4) is 0 Å². The lowest BCUT2D eigenvalue weighted by molar-refractivity contribution is -0.165. The van der Waals surface area contributed by atoms with Crippen molar-refractivity contribution in [2.24, 2.45) is 11.8 Å². The van der Waals surface area contributed by atoms with Crippen LogP contribution in [0.3, 0.4) is 0 Å². The first kappa shape index (κ1) is 58.0. The van der Waals surface area contributed by atoms with E-state index < -0.39 is 120 Å². The molecule has 0 aromatic rings. The molecule has 0 saturated heterocycles. The summed E-state index contributed by atoms with van der Waals surface area (Å²) in [4.78, 5) is 56.5. The van der Waals surface area contributed by atoms with Gasteiger partial charge in [-0.3, -0.25) is 23.2 Å². The number of aliphatic hydroxyl groups is 7. The van der Waals surface area contributed by atoms with Gasteiger partial charge in [0, 0.05) is 24.7 Å². The smallest absolute Gasteiger partial charge is 0.461 e. The van der Waals surface area contributed by atoms with Gasteiger partial charge in [-0.25, -0.2) is 9.13 Å². The summed E-state index contributed by atoms with van der Waals surface area (Å²) in [7, 11) is -11.4. The summed E-state index contributed by atoms with van der Waals surface area (Å²) in [6, 6.07) is 0. The summed E-state index contributed by atoms with van der Waals surface area (Å²) < 4.78 is 51.8. The number of allylic oxidation sites excluding steroid dienone is 5. The number of hydrogen-bond acceptors (Lipinski definition) is 16. The Labute approximate surface area is 376 Å². The topological polar surface area (TPSA) is 317 Å². The molecule has 1 aliphatic heterocycles. The molecule has 1 aliphatic carbocycles. The maximum absolute atomic E-state index is 13.6. The molecule has 1 unspecified atom stereocenters. The van der Waals surface area contributed by atoms with Gasteiger partial charge in [0.25, 0.3) is 0 Å². The summed E-state index contributed by atoms with van der Waals surface area (Å²) in [6.45, 7) is 2.42. The van der Waals surface area contributed by atoms with Crippen molar-refractivity contribution < 1.29 is 92.2 Å². The van der Waals surface area contributed by atoms with E-state index in [9.17, 15) is 69.1 Å². The van der Waals surface area contributed by atoms with Crippen LogP contribution in [0.25, 0.3) is 0 Å². The van der Waals surface area contributed by atoms with Crippen molar-refractivity contribution in [2.75, 3.05) is 13.2 Å². The number of rotatable bonds is 21. The van der Waals surface area contributed by atoms with E-state index in [1.807, 2.05) is 6.92 Å². The number of phosphoric ester groups is 2. The second kappa shape index (κ2) is 31.0. The highest BCUT2D eigenvalue weighted by atomic mass is 31.2. The van der Waals surface area contributed by atoms with Crippen LogP contribution >= 0.6 is 15.6 Å². The van der Waals surface area contributed by atoms with E-state index in [-0.39, 0.29) is 25.7 Å². The van der Waals surface area contributed by atoms with Crippen molar-refractivity contribution >= 4 is 27.6 Å². The fourth-order valence-corrected chi connectivity index (χ4v) is 8.86.